The Balaban J connectivity index is 1.64. The minimum atomic E-state index is -1.00. The molecule has 2 N–H and O–H groups in total. The maximum absolute atomic E-state index is 13.0. The van der Waals surface area contributed by atoms with Crippen molar-refractivity contribution >= 4 is 28.7 Å². The van der Waals surface area contributed by atoms with Gasteiger partial charge in [-0.3, -0.25) is 9.59 Å². The van der Waals surface area contributed by atoms with E-state index < -0.39 is 11.4 Å². The summed E-state index contributed by atoms with van der Waals surface area (Å²) in [5, 5.41) is 16.8. The molecule has 1 fully saturated rings. The molecule has 7 nitrogen and oxygen atoms in total. The van der Waals surface area contributed by atoms with Crippen LogP contribution in [0.2, 0.25) is 0 Å². The normalized spacial score (nSPS) is 14.2. The lowest BCUT2D eigenvalue weighted by molar-refractivity contribution is -0.142. The summed E-state index contributed by atoms with van der Waals surface area (Å²) in [5.41, 5.74) is 2.59. The zero-order valence-corrected chi connectivity index (χ0v) is 15.9. The number of aromatic nitrogens is 2. The minimum absolute atomic E-state index is 0.272. The highest BCUT2D eigenvalue weighted by Crippen LogP contribution is 2.40. The number of rotatable bonds is 5. The number of nitrogens with one attached hydrogen (secondary N) is 1. The number of hydrogen-bond donors (Lipinski definition) is 2. The summed E-state index contributed by atoms with van der Waals surface area (Å²) in [7, 11) is 0. The Kier molecular flexibility index (Phi) is 4.18. The molecule has 2 heterocycles. The first-order valence-electron chi connectivity index (χ1n) is 9.19. The molecule has 1 aliphatic rings. The van der Waals surface area contributed by atoms with Crippen LogP contribution >= 0.6 is 0 Å². The zero-order chi connectivity index (χ0) is 20.1. The van der Waals surface area contributed by atoms with Gasteiger partial charge in [0.1, 0.15) is 0 Å². The second kappa shape index (κ2) is 6.44. The molecule has 1 aromatic carbocycles. The molecular weight excluding hydrogens is 358 g/mol. The van der Waals surface area contributed by atoms with Crippen molar-refractivity contribution in [2.75, 3.05) is 5.32 Å². The van der Waals surface area contributed by atoms with E-state index in [1.807, 2.05) is 6.07 Å². The predicted molar refractivity (Wildman–Crippen MR) is 104 cm³/mol. The van der Waals surface area contributed by atoms with Crippen LogP contribution in [0.4, 0.5) is 5.69 Å². The number of fused-ring (bicyclic) bond motifs is 1. The van der Waals surface area contributed by atoms with E-state index >= 15 is 0 Å². The highest BCUT2D eigenvalue weighted by molar-refractivity contribution is 6.12. The fraction of sp³-hybridized carbons (Fsp3) is 0.333. The SMILES string of the molecule is Cc1noc2nc(C3CC3)cc(C(=O)Nc3ccc(C(C)(C)C(=O)O)cc3)c12. The molecular formula is C21H21N3O4. The summed E-state index contributed by atoms with van der Waals surface area (Å²) in [6, 6.07) is 8.66. The van der Waals surface area contributed by atoms with E-state index in [-0.39, 0.29) is 5.91 Å². The van der Waals surface area contributed by atoms with Crippen LogP contribution < -0.4 is 5.32 Å². The Labute approximate surface area is 161 Å². The third-order valence-electron chi connectivity index (χ3n) is 5.28. The summed E-state index contributed by atoms with van der Waals surface area (Å²) in [5.74, 6) is -0.802. The topological polar surface area (TPSA) is 105 Å². The van der Waals surface area contributed by atoms with E-state index in [1.54, 1.807) is 45.0 Å². The van der Waals surface area contributed by atoms with Gasteiger partial charge >= 0.3 is 5.97 Å². The number of aliphatic carboxylic acids is 1. The largest absolute Gasteiger partial charge is 0.481 e. The number of carbonyl (C=O) groups excluding carboxylic acids is 1. The van der Waals surface area contributed by atoms with Crippen molar-refractivity contribution in [1.82, 2.24) is 10.1 Å². The van der Waals surface area contributed by atoms with Gasteiger partial charge in [0.05, 0.1) is 22.1 Å². The molecule has 0 aliphatic heterocycles. The van der Waals surface area contributed by atoms with Crippen molar-refractivity contribution in [2.45, 2.75) is 44.9 Å². The fourth-order valence-electron chi connectivity index (χ4n) is 3.17. The van der Waals surface area contributed by atoms with Gasteiger partial charge in [-0.25, -0.2) is 4.98 Å². The molecule has 0 saturated heterocycles. The van der Waals surface area contributed by atoms with E-state index in [2.05, 4.69) is 15.5 Å². The Morgan fingerprint density at radius 3 is 2.50 bits per heavy atom. The molecule has 28 heavy (non-hydrogen) atoms. The fourth-order valence-corrected chi connectivity index (χ4v) is 3.17. The maximum atomic E-state index is 13.0. The third kappa shape index (κ3) is 3.13. The van der Waals surface area contributed by atoms with Gasteiger partial charge in [0.15, 0.2) is 0 Å². The molecule has 7 heteroatoms. The van der Waals surface area contributed by atoms with Crippen LogP contribution in [0.15, 0.2) is 34.9 Å². The van der Waals surface area contributed by atoms with Crippen molar-refractivity contribution in [3.63, 3.8) is 0 Å². The van der Waals surface area contributed by atoms with Crippen LogP contribution in [-0.2, 0) is 10.2 Å². The van der Waals surface area contributed by atoms with E-state index in [4.69, 9.17) is 4.52 Å². The molecule has 0 bridgehead atoms. The van der Waals surface area contributed by atoms with Crippen LogP contribution in [-0.4, -0.2) is 27.1 Å². The van der Waals surface area contributed by atoms with Gasteiger partial charge in [-0.1, -0.05) is 17.3 Å². The Bertz CT molecular complexity index is 1080. The lowest BCUT2D eigenvalue weighted by atomic mass is 9.85. The number of benzene rings is 1. The molecule has 1 saturated carbocycles. The molecule has 1 aliphatic carbocycles. The van der Waals surface area contributed by atoms with Crippen LogP contribution in [0.25, 0.3) is 11.1 Å². The molecule has 0 atom stereocenters. The summed E-state index contributed by atoms with van der Waals surface area (Å²) < 4.78 is 5.29. The highest BCUT2D eigenvalue weighted by atomic mass is 16.5. The summed E-state index contributed by atoms with van der Waals surface area (Å²) >= 11 is 0. The second-order valence-corrected chi connectivity index (χ2v) is 7.78. The van der Waals surface area contributed by atoms with E-state index in [1.165, 1.54) is 0 Å². The lowest BCUT2D eigenvalue weighted by Crippen LogP contribution is -2.28. The number of carbonyl (C=O) groups is 2. The minimum Gasteiger partial charge on any atom is -0.481 e. The smallest absolute Gasteiger partial charge is 0.313 e. The maximum Gasteiger partial charge on any atom is 0.313 e. The average Bonchev–Trinajstić information content (AvgIpc) is 3.45. The van der Waals surface area contributed by atoms with Gasteiger partial charge in [0.2, 0.25) is 0 Å². The molecule has 0 radical (unpaired) electrons. The van der Waals surface area contributed by atoms with Gasteiger partial charge in [0.25, 0.3) is 11.6 Å². The summed E-state index contributed by atoms with van der Waals surface area (Å²) in [6.45, 7) is 5.07. The lowest BCUT2D eigenvalue weighted by Gasteiger charge is -2.20. The van der Waals surface area contributed by atoms with Crippen molar-refractivity contribution in [3.05, 3.63) is 52.8 Å². The van der Waals surface area contributed by atoms with Gasteiger partial charge < -0.3 is 14.9 Å². The number of anilines is 1. The molecule has 0 spiro atoms. The first-order valence-corrected chi connectivity index (χ1v) is 9.19. The number of pyridine rings is 1. The molecule has 2 aromatic heterocycles. The van der Waals surface area contributed by atoms with E-state index in [0.717, 1.165) is 18.5 Å². The monoisotopic (exact) mass is 379 g/mol. The number of carboxylic acid groups (broad SMARTS) is 1. The van der Waals surface area contributed by atoms with E-state index in [0.29, 0.717) is 39.5 Å². The summed E-state index contributed by atoms with van der Waals surface area (Å²) in [6.07, 6.45) is 2.13. The Morgan fingerprint density at radius 1 is 1.21 bits per heavy atom. The van der Waals surface area contributed by atoms with Gasteiger partial charge in [0, 0.05) is 17.3 Å². The first-order chi connectivity index (χ1) is 13.3. The van der Waals surface area contributed by atoms with Gasteiger partial charge in [-0.15, -0.1) is 0 Å². The van der Waals surface area contributed by atoms with Crippen molar-refractivity contribution in [2.24, 2.45) is 0 Å². The van der Waals surface area contributed by atoms with Crippen LogP contribution in [0, 0.1) is 6.92 Å². The first kappa shape index (κ1) is 18.2. The number of nitrogens with zero attached hydrogens (tertiary/aromatic N) is 2. The zero-order valence-electron chi connectivity index (χ0n) is 15.9. The standard InChI is InChI=1S/C21H21N3O4/c1-11-17-15(10-16(12-4-5-12)23-19(17)28-24-11)18(25)22-14-8-6-13(7-9-14)21(2,3)20(26)27/h6-10,12H,4-5H2,1-3H3,(H,22,25)(H,26,27). The summed E-state index contributed by atoms with van der Waals surface area (Å²) in [4.78, 5) is 28.9. The van der Waals surface area contributed by atoms with Crippen molar-refractivity contribution < 1.29 is 19.2 Å². The molecule has 4 rings (SSSR count). The number of carboxylic acids is 1. The number of hydrogen-bond acceptors (Lipinski definition) is 5. The number of aryl methyl sites for hydroxylation is 1. The molecule has 144 valence electrons. The van der Waals surface area contributed by atoms with Gasteiger partial charge in [-0.2, -0.15) is 0 Å². The molecule has 3 aromatic rings. The molecule has 1 amide bonds. The predicted octanol–water partition coefficient (Wildman–Crippen LogP) is 4.02. The third-order valence-corrected chi connectivity index (χ3v) is 5.28. The average molecular weight is 379 g/mol. The quantitative estimate of drug-likeness (QED) is 0.693. The Morgan fingerprint density at radius 2 is 1.89 bits per heavy atom. The number of amides is 1. The van der Waals surface area contributed by atoms with Crippen LogP contribution in [0.1, 0.15) is 59.9 Å². The second-order valence-electron chi connectivity index (χ2n) is 7.78. The highest BCUT2D eigenvalue weighted by Gasteiger charge is 2.30. The van der Waals surface area contributed by atoms with Crippen molar-refractivity contribution in [3.8, 4) is 0 Å². The van der Waals surface area contributed by atoms with Crippen LogP contribution in [0.3, 0.4) is 0 Å². The van der Waals surface area contributed by atoms with E-state index in [9.17, 15) is 14.7 Å². The van der Waals surface area contributed by atoms with Crippen LogP contribution in [0.5, 0.6) is 0 Å². The van der Waals surface area contributed by atoms with Gasteiger partial charge in [-0.05, 0) is 57.4 Å². The molecule has 0 unspecified atom stereocenters. The Hall–Kier alpha value is -3.22. The van der Waals surface area contributed by atoms with Crippen molar-refractivity contribution in [1.29, 1.82) is 0 Å².